The Morgan fingerprint density at radius 2 is 2.06 bits per heavy atom. The molecular formula is C11H8ClNO3. The van der Waals surface area contributed by atoms with Crippen LogP contribution < -0.4 is 11.4 Å². The van der Waals surface area contributed by atoms with Crippen LogP contribution in [0.2, 0.25) is 5.02 Å². The molecule has 5 heteroatoms. The van der Waals surface area contributed by atoms with Gasteiger partial charge in [-0.3, -0.25) is 4.98 Å². The zero-order valence-electron chi connectivity index (χ0n) is 8.25. The third kappa shape index (κ3) is 1.46. The molecular weight excluding hydrogens is 230 g/mol. The average Bonchev–Trinajstić information content (AvgIpc) is 3.01. The molecule has 1 aromatic carbocycles. The lowest BCUT2D eigenvalue weighted by Crippen LogP contribution is -2.15. The molecule has 1 heterocycles. The van der Waals surface area contributed by atoms with E-state index in [1.807, 2.05) is 0 Å². The van der Waals surface area contributed by atoms with Gasteiger partial charge in [-0.05, 0) is 36.5 Å². The number of hydrogen-bond donors (Lipinski definition) is 1. The molecule has 0 aliphatic heterocycles. The number of nitrogens with one attached hydrogen (secondary N) is 1. The molecule has 0 spiro atoms. The SMILES string of the molecule is O=c1[nH]c2c(C3CC3)cc(Cl)cc2c(=O)o1. The molecule has 16 heavy (non-hydrogen) atoms. The summed E-state index contributed by atoms with van der Waals surface area (Å²) in [6.45, 7) is 0. The van der Waals surface area contributed by atoms with Crippen LogP contribution in [0.1, 0.15) is 24.3 Å². The summed E-state index contributed by atoms with van der Waals surface area (Å²) in [6.07, 6.45) is 2.13. The predicted octanol–water partition coefficient (Wildman–Crippen LogP) is 2.01. The third-order valence-corrected chi connectivity index (χ3v) is 3.00. The van der Waals surface area contributed by atoms with Crippen LogP contribution in [0.5, 0.6) is 0 Å². The second-order valence-electron chi connectivity index (χ2n) is 3.99. The Labute approximate surface area is 94.9 Å². The van der Waals surface area contributed by atoms with Crippen LogP contribution >= 0.6 is 11.6 Å². The number of H-pyrrole nitrogens is 1. The molecule has 1 fully saturated rings. The fraction of sp³-hybridized carbons (Fsp3) is 0.273. The molecule has 0 saturated heterocycles. The van der Waals surface area contributed by atoms with Crippen LogP contribution in [0.15, 0.2) is 26.1 Å². The number of aromatic amines is 1. The van der Waals surface area contributed by atoms with Gasteiger partial charge < -0.3 is 4.42 Å². The van der Waals surface area contributed by atoms with Crippen molar-refractivity contribution >= 4 is 22.5 Å². The number of benzene rings is 1. The summed E-state index contributed by atoms with van der Waals surface area (Å²) in [4.78, 5) is 25.2. The fourth-order valence-electron chi connectivity index (χ4n) is 1.91. The number of rotatable bonds is 1. The van der Waals surface area contributed by atoms with Crippen molar-refractivity contribution in [3.05, 3.63) is 43.7 Å². The van der Waals surface area contributed by atoms with Gasteiger partial charge in [0.25, 0.3) is 0 Å². The van der Waals surface area contributed by atoms with Crippen LogP contribution in [0.4, 0.5) is 0 Å². The highest BCUT2D eigenvalue weighted by Gasteiger charge is 2.26. The molecule has 0 atom stereocenters. The number of fused-ring (bicyclic) bond motifs is 1. The van der Waals surface area contributed by atoms with Crippen molar-refractivity contribution in [1.82, 2.24) is 4.98 Å². The van der Waals surface area contributed by atoms with E-state index in [2.05, 4.69) is 9.40 Å². The van der Waals surface area contributed by atoms with Gasteiger partial charge in [-0.1, -0.05) is 11.6 Å². The van der Waals surface area contributed by atoms with Crippen molar-refractivity contribution in [2.24, 2.45) is 0 Å². The molecule has 0 bridgehead atoms. The van der Waals surface area contributed by atoms with Gasteiger partial charge >= 0.3 is 11.4 Å². The van der Waals surface area contributed by atoms with Crippen molar-refractivity contribution in [2.45, 2.75) is 18.8 Å². The van der Waals surface area contributed by atoms with E-state index in [1.54, 1.807) is 6.07 Å². The summed E-state index contributed by atoms with van der Waals surface area (Å²) in [5.74, 6) is -0.319. The zero-order valence-corrected chi connectivity index (χ0v) is 9.00. The minimum Gasteiger partial charge on any atom is -0.372 e. The number of hydrogen-bond acceptors (Lipinski definition) is 3. The van der Waals surface area contributed by atoms with E-state index in [1.165, 1.54) is 6.07 Å². The quantitative estimate of drug-likeness (QED) is 0.825. The van der Waals surface area contributed by atoms with Gasteiger partial charge in [0.1, 0.15) is 0 Å². The molecule has 4 nitrogen and oxygen atoms in total. The molecule has 1 saturated carbocycles. The first-order valence-corrected chi connectivity index (χ1v) is 5.39. The molecule has 1 aliphatic rings. The van der Waals surface area contributed by atoms with E-state index in [-0.39, 0.29) is 0 Å². The van der Waals surface area contributed by atoms with E-state index in [0.29, 0.717) is 21.8 Å². The normalized spacial score (nSPS) is 15.6. The van der Waals surface area contributed by atoms with E-state index in [4.69, 9.17) is 11.6 Å². The highest BCUT2D eigenvalue weighted by atomic mass is 35.5. The molecule has 2 aromatic rings. The average molecular weight is 238 g/mol. The van der Waals surface area contributed by atoms with E-state index < -0.39 is 11.4 Å². The lowest BCUT2D eigenvalue weighted by molar-refractivity contribution is 0.460. The fourth-order valence-corrected chi connectivity index (χ4v) is 2.14. The minimum atomic E-state index is -0.721. The molecule has 3 rings (SSSR count). The van der Waals surface area contributed by atoms with Crippen LogP contribution in [0, 0.1) is 0 Å². The smallest absolute Gasteiger partial charge is 0.372 e. The second kappa shape index (κ2) is 3.22. The van der Waals surface area contributed by atoms with Crippen LogP contribution in [-0.4, -0.2) is 4.98 Å². The largest absolute Gasteiger partial charge is 0.419 e. The van der Waals surface area contributed by atoms with Gasteiger partial charge in [-0.15, -0.1) is 0 Å². The van der Waals surface area contributed by atoms with Gasteiger partial charge in [0.2, 0.25) is 0 Å². The Morgan fingerprint density at radius 1 is 1.31 bits per heavy atom. The van der Waals surface area contributed by atoms with Crippen molar-refractivity contribution in [3.63, 3.8) is 0 Å². The molecule has 82 valence electrons. The zero-order chi connectivity index (χ0) is 11.3. The maximum Gasteiger partial charge on any atom is 0.419 e. The Morgan fingerprint density at radius 3 is 2.75 bits per heavy atom. The van der Waals surface area contributed by atoms with Crippen LogP contribution in [0.25, 0.3) is 10.9 Å². The van der Waals surface area contributed by atoms with E-state index in [0.717, 1.165) is 18.4 Å². The Hall–Kier alpha value is -1.55. The predicted molar refractivity (Wildman–Crippen MR) is 60.1 cm³/mol. The van der Waals surface area contributed by atoms with Gasteiger partial charge in [0.15, 0.2) is 0 Å². The Bertz CT molecular complexity index is 682. The van der Waals surface area contributed by atoms with Gasteiger partial charge in [0, 0.05) is 5.02 Å². The van der Waals surface area contributed by atoms with E-state index in [9.17, 15) is 9.59 Å². The van der Waals surface area contributed by atoms with Gasteiger partial charge in [-0.2, -0.15) is 0 Å². The molecule has 0 amide bonds. The summed E-state index contributed by atoms with van der Waals surface area (Å²) in [6, 6.07) is 3.32. The van der Waals surface area contributed by atoms with Crippen molar-refractivity contribution in [1.29, 1.82) is 0 Å². The summed E-state index contributed by atoms with van der Waals surface area (Å²) in [5, 5.41) is 0.836. The van der Waals surface area contributed by atoms with Gasteiger partial charge in [0.05, 0.1) is 10.9 Å². The number of aromatic nitrogens is 1. The van der Waals surface area contributed by atoms with E-state index >= 15 is 0 Å². The van der Waals surface area contributed by atoms with Crippen LogP contribution in [-0.2, 0) is 0 Å². The molecule has 1 aliphatic carbocycles. The lowest BCUT2D eigenvalue weighted by atomic mass is 10.1. The Kier molecular flexibility index (Phi) is 1.94. The second-order valence-corrected chi connectivity index (χ2v) is 4.43. The monoisotopic (exact) mass is 237 g/mol. The highest BCUT2D eigenvalue weighted by molar-refractivity contribution is 6.31. The summed E-state index contributed by atoms with van der Waals surface area (Å²) in [5.41, 5.74) is 0.865. The standard InChI is InChI=1S/C11H8ClNO3/c12-6-3-7(5-1-2-5)9-8(4-6)10(14)16-11(15)13-9/h3-5H,1-2H2,(H,13,15). The highest BCUT2D eigenvalue weighted by Crippen LogP contribution is 2.43. The maximum atomic E-state index is 11.5. The first kappa shape index (κ1) is 9.66. The number of halogens is 1. The topological polar surface area (TPSA) is 63.1 Å². The third-order valence-electron chi connectivity index (χ3n) is 2.78. The minimum absolute atomic E-state index is 0.342. The first-order chi connectivity index (χ1) is 7.65. The van der Waals surface area contributed by atoms with Crippen molar-refractivity contribution in [3.8, 4) is 0 Å². The first-order valence-electron chi connectivity index (χ1n) is 5.02. The summed E-state index contributed by atoms with van der Waals surface area (Å²) >= 11 is 5.93. The summed E-state index contributed by atoms with van der Waals surface area (Å²) in [7, 11) is 0. The Balaban J connectivity index is 2.49. The van der Waals surface area contributed by atoms with Crippen molar-refractivity contribution < 1.29 is 4.42 Å². The molecule has 1 aromatic heterocycles. The summed E-state index contributed by atoms with van der Waals surface area (Å²) < 4.78 is 4.48. The lowest BCUT2D eigenvalue weighted by Gasteiger charge is -2.04. The molecule has 0 unspecified atom stereocenters. The molecule has 0 radical (unpaired) electrons. The van der Waals surface area contributed by atoms with Gasteiger partial charge in [-0.25, -0.2) is 9.59 Å². The molecule has 1 N–H and O–H groups in total. The van der Waals surface area contributed by atoms with Crippen LogP contribution in [0.3, 0.4) is 0 Å². The maximum absolute atomic E-state index is 11.5. The van der Waals surface area contributed by atoms with Crippen molar-refractivity contribution in [2.75, 3.05) is 0 Å².